The molecule has 4 nitrogen and oxygen atoms in total. The predicted molar refractivity (Wildman–Crippen MR) is 66.9 cm³/mol. The smallest absolute Gasteiger partial charge is 0.252 e. The summed E-state index contributed by atoms with van der Waals surface area (Å²) < 4.78 is 0. The Bertz CT molecular complexity index is 431. The first-order valence-electron chi connectivity index (χ1n) is 5.58. The van der Waals surface area contributed by atoms with E-state index in [0.29, 0.717) is 28.7 Å². The molecule has 1 aromatic rings. The van der Waals surface area contributed by atoms with Crippen LogP contribution in [0, 0.1) is 5.92 Å². The highest BCUT2D eigenvalue weighted by atomic mass is 35.5. The summed E-state index contributed by atoms with van der Waals surface area (Å²) >= 11 is 5.95. The summed E-state index contributed by atoms with van der Waals surface area (Å²) in [5.41, 5.74) is 6.42. The minimum atomic E-state index is -0.219. The number of halogens is 1. The summed E-state index contributed by atoms with van der Waals surface area (Å²) in [5.74, 6) is 0.150. The molecule has 0 radical (unpaired) electrons. The minimum Gasteiger partial charge on any atom is -0.398 e. The topological polar surface area (TPSA) is 75.4 Å². The second kappa shape index (κ2) is 4.94. The van der Waals surface area contributed by atoms with E-state index >= 15 is 0 Å². The fourth-order valence-corrected chi connectivity index (χ4v) is 2.14. The molecule has 1 fully saturated rings. The van der Waals surface area contributed by atoms with Crippen molar-refractivity contribution in [3.05, 3.63) is 28.8 Å². The summed E-state index contributed by atoms with van der Waals surface area (Å²) in [6.45, 7) is 0.570. The molecule has 1 amide bonds. The van der Waals surface area contributed by atoms with Gasteiger partial charge in [0.15, 0.2) is 0 Å². The number of hydrogen-bond donors (Lipinski definition) is 3. The van der Waals surface area contributed by atoms with Crippen molar-refractivity contribution in [2.24, 2.45) is 5.92 Å². The maximum atomic E-state index is 11.8. The van der Waals surface area contributed by atoms with Crippen LogP contribution < -0.4 is 11.1 Å². The molecule has 0 bridgehead atoms. The van der Waals surface area contributed by atoms with Crippen molar-refractivity contribution in [3.8, 4) is 0 Å². The highest BCUT2D eigenvalue weighted by Gasteiger charge is 2.27. The lowest BCUT2D eigenvalue weighted by atomic mass is 9.82. The molecular formula is C12H15ClN2O2. The first-order valence-corrected chi connectivity index (χ1v) is 5.96. The van der Waals surface area contributed by atoms with Gasteiger partial charge in [0.1, 0.15) is 0 Å². The van der Waals surface area contributed by atoms with Gasteiger partial charge in [-0.3, -0.25) is 4.79 Å². The predicted octanol–water partition coefficient (Wildman–Crippen LogP) is 1.42. The largest absolute Gasteiger partial charge is 0.398 e. The second-order valence-electron chi connectivity index (χ2n) is 4.41. The van der Waals surface area contributed by atoms with Gasteiger partial charge in [-0.15, -0.1) is 0 Å². The van der Waals surface area contributed by atoms with Gasteiger partial charge < -0.3 is 16.2 Å². The van der Waals surface area contributed by atoms with E-state index in [1.807, 2.05) is 0 Å². The highest BCUT2D eigenvalue weighted by molar-refractivity contribution is 6.36. The van der Waals surface area contributed by atoms with Gasteiger partial charge in [0.2, 0.25) is 0 Å². The van der Waals surface area contributed by atoms with Crippen molar-refractivity contribution in [2.45, 2.75) is 18.9 Å². The molecule has 17 heavy (non-hydrogen) atoms. The van der Waals surface area contributed by atoms with Gasteiger partial charge in [0.25, 0.3) is 5.91 Å². The summed E-state index contributed by atoms with van der Waals surface area (Å²) in [6.07, 6.45) is 1.31. The average Bonchev–Trinajstić information content (AvgIpc) is 2.26. The molecule has 5 heteroatoms. The molecule has 0 aromatic heterocycles. The maximum absolute atomic E-state index is 11.8. The lowest BCUT2D eigenvalue weighted by Crippen LogP contribution is -2.38. The number of nitrogens with two attached hydrogens (primary N) is 1. The lowest BCUT2D eigenvalue weighted by Gasteiger charge is -2.31. The van der Waals surface area contributed by atoms with Crippen LogP contribution in [0.1, 0.15) is 23.2 Å². The Balaban J connectivity index is 1.93. The van der Waals surface area contributed by atoms with E-state index in [2.05, 4.69) is 5.32 Å². The van der Waals surface area contributed by atoms with Gasteiger partial charge in [-0.25, -0.2) is 0 Å². The molecule has 0 atom stereocenters. The Labute approximate surface area is 105 Å². The fourth-order valence-electron chi connectivity index (χ4n) is 1.92. The molecule has 92 valence electrons. The van der Waals surface area contributed by atoms with Crippen LogP contribution in [0.3, 0.4) is 0 Å². The molecule has 1 aliphatic carbocycles. The van der Waals surface area contributed by atoms with Crippen LogP contribution in [0.2, 0.25) is 5.02 Å². The molecule has 0 saturated heterocycles. The molecular weight excluding hydrogens is 240 g/mol. The maximum Gasteiger partial charge on any atom is 0.252 e. The second-order valence-corrected chi connectivity index (χ2v) is 4.79. The quantitative estimate of drug-likeness (QED) is 0.714. The van der Waals surface area contributed by atoms with Crippen LogP contribution >= 0.6 is 11.6 Å². The van der Waals surface area contributed by atoms with Crippen molar-refractivity contribution in [1.82, 2.24) is 5.32 Å². The molecule has 0 heterocycles. The van der Waals surface area contributed by atoms with Crippen LogP contribution in [0.4, 0.5) is 5.69 Å². The van der Waals surface area contributed by atoms with Crippen molar-refractivity contribution in [3.63, 3.8) is 0 Å². The average molecular weight is 255 g/mol. The van der Waals surface area contributed by atoms with Crippen LogP contribution in [0.5, 0.6) is 0 Å². The number of hydrogen-bond acceptors (Lipinski definition) is 3. The van der Waals surface area contributed by atoms with Gasteiger partial charge in [-0.2, -0.15) is 0 Å². The minimum absolute atomic E-state index is 0.201. The van der Waals surface area contributed by atoms with E-state index in [9.17, 15) is 4.79 Å². The molecule has 0 unspecified atom stereocenters. The number of amides is 1. The molecule has 1 aliphatic rings. The highest BCUT2D eigenvalue weighted by Crippen LogP contribution is 2.27. The number of nitrogen functional groups attached to an aromatic ring is 1. The molecule has 1 aromatic carbocycles. The number of nitrogens with one attached hydrogen (secondary N) is 1. The lowest BCUT2D eigenvalue weighted by molar-refractivity contribution is 0.0420. The van der Waals surface area contributed by atoms with E-state index in [1.165, 1.54) is 0 Å². The zero-order valence-electron chi connectivity index (χ0n) is 9.32. The number of carbonyl (C=O) groups is 1. The summed E-state index contributed by atoms with van der Waals surface area (Å²) in [4.78, 5) is 11.8. The Morgan fingerprint density at radius 1 is 1.53 bits per heavy atom. The van der Waals surface area contributed by atoms with Gasteiger partial charge in [0, 0.05) is 6.54 Å². The zero-order chi connectivity index (χ0) is 12.4. The van der Waals surface area contributed by atoms with E-state index in [4.69, 9.17) is 22.4 Å². The van der Waals surface area contributed by atoms with E-state index in [0.717, 1.165) is 12.8 Å². The number of aliphatic hydroxyl groups is 1. The third kappa shape index (κ3) is 2.70. The standard InChI is InChI=1S/C12H15ClN2O2/c13-11-9(2-1-3-10(11)14)12(17)15-6-7-4-8(16)5-7/h1-3,7-8,16H,4-6,14H2,(H,15,17). The normalized spacial score (nSPS) is 22.9. The summed E-state index contributed by atoms with van der Waals surface area (Å²) in [6, 6.07) is 4.99. The monoisotopic (exact) mass is 254 g/mol. The SMILES string of the molecule is Nc1cccc(C(=O)NCC2CC(O)C2)c1Cl. The van der Waals surface area contributed by atoms with Crippen molar-refractivity contribution in [1.29, 1.82) is 0 Å². The van der Waals surface area contributed by atoms with E-state index in [1.54, 1.807) is 18.2 Å². The van der Waals surface area contributed by atoms with Gasteiger partial charge in [-0.05, 0) is 30.9 Å². The van der Waals surface area contributed by atoms with Crippen molar-refractivity contribution in [2.75, 3.05) is 12.3 Å². The molecule has 1 saturated carbocycles. The van der Waals surface area contributed by atoms with E-state index < -0.39 is 0 Å². The first-order chi connectivity index (χ1) is 8.08. The van der Waals surface area contributed by atoms with Gasteiger partial charge in [-0.1, -0.05) is 17.7 Å². The number of rotatable bonds is 3. The van der Waals surface area contributed by atoms with Gasteiger partial charge in [0.05, 0.1) is 22.4 Å². The molecule has 2 rings (SSSR count). The Morgan fingerprint density at radius 2 is 2.24 bits per heavy atom. The first kappa shape index (κ1) is 12.2. The van der Waals surface area contributed by atoms with Crippen LogP contribution in [0.15, 0.2) is 18.2 Å². The zero-order valence-corrected chi connectivity index (χ0v) is 10.1. The third-order valence-electron chi connectivity index (χ3n) is 3.04. The molecule has 0 aliphatic heterocycles. The summed E-state index contributed by atoms with van der Waals surface area (Å²) in [7, 11) is 0. The van der Waals surface area contributed by atoms with Crippen molar-refractivity contribution < 1.29 is 9.90 Å². The number of anilines is 1. The van der Waals surface area contributed by atoms with Gasteiger partial charge >= 0.3 is 0 Å². The number of benzene rings is 1. The van der Waals surface area contributed by atoms with E-state index in [-0.39, 0.29) is 12.0 Å². The van der Waals surface area contributed by atoms with Crippen molar-refractivity contribution >= 4 is 23.2 Å². The van der Waals surface area contributed by atoms with Crippen LogP contribution in [0.25, 0.3) is 0 Å². The third-order valence-corrected chi connectivity index (χ3v) is 3.46. The fraction of sp³-hybridized carbons (Fsp3) is 0.417. The molecule has 4 N–H and O–H groups in total. The van der Waals surface area contributed by atoms with Crippen LogP contribution in [-0.2, 0) is 0 Å². The molecule has 0 spiro atoms. The summed E-state index contributed by atoms with van der Waals surface area (Å²) in [5, 5.41) is 12.2. The Morgan fingerprint density at radius 3 is 2.88 bits per heavy atom. The van der Waals surface area contributed by atoms with Crippen LogP contribution in [-0.4, -0.2) is 23.7 Å². The number of carbonyl (C=O) groups excluding carboxylic acids is 1. The Hall–Kier alpha value is -1.26. The number of aliphatic hydroxyl groups excluding tert-OH is 1. The Kier molecular flexibility index (Phi) is 3.54.